The summed E-state index contributed by atoms with van der Waals surface area (Å²) in [7, 11) is -3.97. The normalized spacial score (nSPS) is 15.4. The lowest BCUT2D eigenvalue weighted by molar-refractivity contribution is -0.0498. The number of benzene rings is 2. The third kappa shape index (κ3) is 5.24. The van der Waals surface area contributed by atoms with Gasteiger partial charge in [0.1, 0.15) is 11.6 Å². The summed E-state index contributed by atoms with van der Waals surface area (Å²) in [5, 5.41) is -0.261. The van der Waals surface area contributed by atoms with Crippen molar-refractivity contribution in [2.45, 2.75) is 30.4 Å². The van der Waals surface area contributed by atoms with Gasteiger partial charge in [0.25, 0.3) is 5.91 Å². The first-order valence-corrected chi connectivity index (χ1v) is 10.8. The molecule has 1 heterocycles. The number of nitrogens with one attached hydrogen (secondary N) is 1. The molecule has 0 aromatic heterocycles. The lowest BCUT2D eigenvalue weighted by atomic mass is 10.0. The van der Waals surface area contributed by atoms with E-state index in [2.05, 4.69) is 9.46 Å². The van der Waals surface area contributed by atoms with E-state index in [4.69, 9.17) is 11.6 Å². The number of carbonyl (C=O) groups is 1. The summed E-state index contributed by atoms with van der Waals surface area (Å²) < 4.78 is 70.3. The lowest BCUT2D eigenvalue weighted by Crippen LogP contribution is -2.46. The van der Waals surface area contributed by atoms with Crippen molar-refractivity contribution in [2.24, 2.45) is 0 Å². The number of likely N-dealkylation sites (tertiary alicyclic amines) is 1. The van der Waals surface area contributed by atoms with Gasteiger partial charge in [0, 0.05) is 19.1 Å². The fraction of sp³-hybridized carbons (Fsp3) is 0.316. The summed E-state index contributed by atoms with van der Waals surface area (Å²) in [5.74, 6) is -1.39. The molecule has 0 bridgehead atoms. The zero-order valence-corrected chi connectivity index (χ0v) is 17.1. The van der Waals surface area contributed by atoms with Crippen LogP contribution in [0.2, 0.25) is 5.02 Å². The second-order valence-electron chi connectivity index (χ2n) is 6.64. The van der Waals surface area contributed by atoms with Crippen LogP contribution in [0.3, 0.4) is 0 Å². The lowest BCUT2D eigenvalue weighted by Gasteiger charge is -2.32. The highest BCUT2D eigenvalue weighted by molar-refractivity contribution is 7.89. The largest absolute Gasteiger partial charge is 0.433 e. The molecule has 0 spiro atoms. The number of nitrogens with zero attached hydrogens (tertiary/aromatic N) is 1. The maximum Gasteiger partial charge on any atom is 0.387 e. The predicted molar refractivity (Wildman–Crippen MR) is 104 cm³/mol. The molecule has 30 heavy (non-hydrogen) atoms. The van der Waals surface area contributed by atoms with Crippen LogP contribution in [0.5, 0.6) is 5.75 Å². The first kappa shape index (κ1) is 22.4. The summed E-state index contributed by atoms with van der Waals surface area (Å²) in [6.45, 7) is -2.58. The second kappa shape index (κ2) is 9.23. The van der Waals surface area contributed by atoms with Gasteiger partial charge in [0.15, 0.2) is 0 Å². The van der Waals surface area contributed by atoms with Crippen LogP contribution in [-0.2, 0) is 10.0 Å². The zero-order valence-electron chi connectivity index (χ0n) is 15.5. The van der Waals surface area contributed by atoms with Gasteiger partial charge in [-0.2, -0.15) is 8.78 Å². The van der Waals surface area contributed by atoms with Crippen LogP contribution in [0, 0.1) is 5.82 Å². The Morgan fingerprint density at radius 3 is 2.43 bits per heavy atom. The van der Waals surface area contributed by atoms with E-state index in [1.165, 1.54) is 23.1 Å². The van der Waals surface area contributed by atoms with Gasteiger partial charge in [0.05, 0.1) is 15.5 Å². The molecule has 11 heteroatoms. The number of sulfonamides is 1. The van der Waals surface area contributed by atoms with Gasteiger partial charge in [-0.25, -0.2) is 17.5 Å². The van der Waals surface area contributed by atoms with Crippen molar-refractivity contribution in [1.29, 1.82) is 0 Å². The maximum absolute atomic E-state index is 13.8. The van der Waals surface area contributed by atoms with Crippen molar-refractivity contribution in [3.8, 4) is 5.75 Å². The summed E-state index contributed by atoms with van der Waals surface area (Å²) >= 11 is 5.82. The van der Waals surface area contributed by atoms with Crippen LogP contribution in [0.4, 0.5) is 13.2 Å². The van der Waals surface area contributed by atoms with Crippen molar-refractivity contribution in [3.63, 3.8) is 0 Å². The summed E-state index contributed by atoms with van der Waals surface area (Å²) in [6, 6.07) is 8.41. The topological polar surface area (TPSA) is 75.7 Å². The maximum atomic E-state index is 13.8. The highest BCUT2D eigenvalue weighted by atomic mass is 35.5. The highest BCUT2D eigenvalue weighted by Gasteiger charge is 2.28. The quantitative estimate of drug-likeness (QED) is 0.710. The highest BCUT2D eigenvalue weighted by Crippen LogP contribution is 2.29. The third-order valence-electron chi connectivity index (χ3n) is 4.64. The van der Waals surface area contributed by atoms with Crippen LogP contribution in [0.25, 0.3) is 0 Å². The van der Waals surface area contributed by atoms with E-state index in [0.717, 1.165) is 18.2 Å². The number of hydrogen-bond donors (Lipinski definition) is 1. The number of alkyl halides is 2. The van der Waals surface area contributed by atoms with Crippen LogP contribution < -0.4 is 9.46 Å². The Morgan fingerprint density at radius 2 is 1.83 bits per heavy atom. The van der Waals surface area contributed by atoms with Gasteiger partial charge in [-0.3, -0.25) is 4.79 Å². The molecule has 6 nitrogen and oxygen atoms in total. The van der Waals surface area contributed by atoms with E-state index in [-0.39, 0.29) is 34.3 Å². The molecule has 0 radical (unpaired) electrons. The Balaban J connectivity index is 1.62. The number of amides is 1. The standard InChI is InChI=1S/C19H18ClF3N2O4S/c20-15-11-13(5-6-17(15)29-19(22)23)30(27,28)24-12-7-9-25(10-8-12)18(26)14-3-1-2-4-16(14)21/h1-6,11-12,19,24H,7-10H2. The number of carbonyl (C=O) groups excluding carboxylic acids is 1. The molecule has 2 aromatic rings. The van der Waals surface area contributed by atoms with Gasteiger partial charge < -0.3 is 9.64 Å². The SMILES string of the molecule is O=C(c1ccccc1F)N1CCC(NS(=O)(=O)c2ccc(OC(F)F)c(Cl)c2)CC1. The van der Waals surface area contributed by atoms with E-state index in [9.17, 15) is 26.4 Å². The molecule has 1 aliphatic heterocycles. The van der Waals surface area contributed by atoms with Gasteiger partial charge in [-0.1, -0.05) is 23.7 Å². The van der Waals surface area contributed by atoms with Gasteiger partial charge in [-0.05, 0) is 43.2 Å². The van der Waals surface area contributed by atoms with E-state index >= 15 is 0 Å². The molecule has 1 fully saturated rings. The molecule has 0 atom stereocenters. The van der Waals surface area contributed by atoms with Crippen molar-refractivity contribution in [1.82, 2.24) is 9.62 Å². The molecule has 162 valence electrons. The van der Waals surface area contributed by atoms with Crippen molar-refractivity contribution < 1.29 is 31.1 Å². The molecule has 0 unspecified atom stereocenters. The molecule has 0 saturated carbocycles. The monoisotopic (exact) mass is 462 g/mol. The molecule has 1 amide bonds. The van der Waals surface area contributed by atoms with Crippen LogP contribution in [0.15, 0.2) is 47.4 Å². The summed E-state index contributed by atoms with van der Waals surface area (Å²) in [4.78, 5) is 13.7. The molecular weight excluding hydrogens is 445 g/mol. The van der Waals surface area contributed by atoms with Gasteiger partial charge in [-0.15, -0.1) is 0 Å². The second-order valence-corrected chi connectivity index (χ2v) is 8.76. The Bertz CT molecular complexity index is 1030. The Morgan fingerprint density at radius 1 is 1.17 bits per heavy atom. The smallest absolute Gasteiger partial charge is 0.387 e. The molecule has 2 aromatic carbocycles. The zero-order chi connectivity index (χ0) is 21.9. The summed E-state index contributed by atoms with van der Waals surface area (Å²) in [5.41, 5.74) is -0.0303. The minimum atomic E-state index is -3.97. The number of halogens is 4. The minimum Gasteiger partial charge on any atom is -0.433 e. The molecule has 1 saturated heterocycles. The first-order valence-electron chi connectivity index (χ1n) is 8.98. The van der Waals surface area contributed by atoms with Crippen molar-refractivity contribution in [3.05, 3.63) is 58.9 Å². The molecular formula is C19H18ClF3N2O4S. The van der Waals surface area contributed by atoms with Gasteiger partial charge in [0.2, 0.25) is 10.0 Å². The number of piperidine rings is 1. The minimum absolute atomic E-state index is 0.0303. The predicted octanol–water partition coefficient (Wildman–Crippen LogP) is 3.66. The molecule has 3 rings (SSSR count). The first-order chi connectivity index (χ1) is 14.2. The Labute approximate surface area is 176 Å². The average molecular weight is 463 g/mol. The van der Waals surface area contributed by atoms with Crippen molar-refractivity contribution in [2.75, 3.05) is 13.1 Å². The number of hydrogen-bond acceptors (Lipinski definition) is 4. The average Bonchev–Trinajstić information content (AvgIpc) is 2.69. The number of rotatable bonds is 6. The Kier molecular flexibility index (Phi) is 6.89. The molecule has 0 aliphatic carbocycles. The van der Waals surface area contributed by atoms with Crippen LogP contribution in [0.1, 0.15) is 23.2 Å². The van der Waals surface area contributed by atoms with E-state index in [1.54, 1.807) is 6.07 Å². The fourth-order valence-corrected chi connectivity index (χ4v) is 4.75. The van der Waals surface area contributed by atoms with Crippen LogP contribution >= 0.6 is 11.6 Å². The summed E-state index contributed by atoms with van der Waals surface area (Å²) in [6.07, 6.45) is 0.666. The van der Waals surface area contributed by atoms with E-state index in [1.807, 2.05) is 0 Å². The van der Waals surface area contributed by atoms with Crippen LogP contribution in [-0.4, -0.2) is 45.0 Å². The molecule has 1 aliphatic rings. The van der Waals surface area contributed by atoms with Crippen molar-refractivity contribution >= 4 is 27.5 Å². The fourth-order valence-electron chi connectivity index (χ4n) is 3.13. The van der Waals surface area contributed by atoms with E-state index in [0.29, 0.717) is 12.8 Å². The van der Waals surface area contributed by atoms with E-state index < -0.39 is 34.4 Å². The molecule has 1 N–H and O–H groups in total. The number of ether oxygens (including phenoxy) is 1. The Hall–Kier alpha value is -2.30. The van der Waals surface area contributed by atoms with Gasteiger partial charge >= 0.3 is 6.61 Å². The third-order valence-corrected chi connectivity index (χ3v) is 6.45.